The predicted octanol–water partition coefficient (Wildman–Crippen LogP) is 4.03. The average Bonchev–Trinajstić information content (AvgIpc) is 2.84. The molecule has 1 aromatic carbocycles. The van der Waals surface area contributed by atoms with Gasteiger partial charge in [-0.2, -0.15) is 5.10 Å². The van der Waals surface area contributed by atoms with Crippen LogP contribution in [0.5, 0.6) is 0 Å². The zero-order valence-corrected chi connectivity index (χ0v) is 15.4. The molecular weight excluding hydrogens is 368 g/mol. The summed E-state index contributed by atoms with van der Waals surface area (Å²) in [5, 5.41) is 9.76. The molecule has 0 fully saturated rings. The molecule has 0 radical (unpaired) electrons. The van der Waals surface area contributed by atoms with Gasteiger partial charge in [0.25, 0.3) is 5.91 Å². The summed E-state index contributed by atoms with van der Waals surface area (Å²) in [5.41, 5.74) is 9.18. The number of carbonyl (C=O) groups excluding carboxylic acids is 1. The lowest BCUT2D eigenvalue weighted by atomic mass is 9.92. The molecule has 0 saturated heterocycles. The molecule has 0 aliphatic carbocycles. The fourth-order valence-corrected chi connectivity index (χ4v) is 2.44. The Morgan fingerprint density at radius 1 is 1.32 bits per heavy atom. The van der Waals surface area contributed by atoms with Gasteiger partial charge in [-0.15, -0.1) is 12.4 Å². The molecule has 2 rings (SSSR count). The van der Waals surface area contributed by atoms with Gasteiger partial charge in [-0.1, -0.05) is 36.7 Å². The number of H-pyrrole nitrogens is 1. The summed E-state index contributed by atoms with van der Waals surface area (Å²) < 4.78 is 0.863. The van der Waals surface area contributed by atoms with Crippen LogP contribution in [0.25, 0.3) is 0 Å². The zero-order chi connectivity index (χ0) is 15.8. The number of rotatable bonds is 2. The second kappa shape index (κ2) is 6.71. The van der Waals surface area contributed by atoms with E-state index in [0.717, 1.165) is 15.7 Å². The summed E-state index contributed by atoms with van der Waals surface area (Å²) in [6.07, 6.45) is 0. The molecule has 1 aromatic heterocycles. The molecule has 4 N–H and O–H groups in total. The summed E-state index contributed by atoms with van der Waals surface area (Å²) in [5.74, 6) is -0.286. The molecule has 0 bridgehead atoms. The van der Waals surface area contributed by atoms with E-state index in [1.54, 1.807) is 12.1 Å². The molecule has 2 aromatic rings. The molecule has 1 amide bonds. The third-order valence-corrected chi connectivity index (χ3v) is 3.68. The SMILES string of the molecule is Cc1cc(Br)cc(NC(=O)c2cc(C(C)(C)C)[nH]n2)c1N.Cl. The molecule has 0 atom stereocenters. The number of anilines is 2. The van der Waals surface area contributed by atoms with Crippen molar-refractivity contribution in [3.63, 3.8) is 0 Å². The first kappa shape index (κ1) is 18.5. The van der Waals surface area contributed by atoms with Gasteiger partial charge in [0.2, 0.25) is 0 Å². The van der Waals surface area contributed by atoms with Gasteiger partial charge in [0.05, 0.1) is 11.4 Å². The van der Waals surface area contributed by atoms with Gasteiger partial charge < -0.3 is 11.1 Å². The molecule has 0 saturated carbocycles. The van der Waals surface area contributed by atoms with Crippen LogP contribution in [-0.4, -0.2) is 16.1 Å². The van der Waals surface area contributed by atoms with E-state index in [0.29, 0.717) is 17.1 Å². The number of aromatic amines is 1. The van der Waals surface area contributed by atoms with Crippen LogP contribution < -0.4 is 11.1 Å². The second-order valence-corrected chi connectivity index (χ2v) is 6.97. The number of nitrogens with one attached hydrogen (secondary N) is 2. The third kappa shape index (κ3) is 4.01. The Morgan fingerprint density at radius 2 is 1.95 bits per heavy atom. The maximum absolute atomic E-state index is 12.3. The molecule has 0 spiro atoms. The highest BCUT2D eigenvalue weighted by molar-refractivity contribution is 9.10. The van der Waals surface area contributed by atoms with Crippen molar-refractivity contribution < 1.29 is 4.79 Å². The number of aryl methyl sites for hydroxylation is 1. The Labute approximate surface area is 144 Å². The van der Waals surface area contributed by atoms with Crippen molar-refractivity contribution in [3.8, 4) is 0 Å². The fourth-order valence-electron chi connectivity index (χ4n) is 1.87. The van der Waals surface area contributed by atoms with Crippen LogP contribution in [0.4, 0.5) is 11.4 Å². The molecule has 5 nitrogen and oxygen atoms in total. The molecule has 120 valence electrons. The summed E-state index contributed by atoms with van der Waals surface area (Å²) in [7, 11) is 0. The highest BCUT2D eigenvalue weighted by Crippen LogP contribution is 2.28. The minimum Gasteiger partial charge on any atom is -0.397 e. The minimum atomic E-state index is -0.286. The number of aromatic nitrogens is 2. The van der Waals surface area contributed by atoms with E-state index in [9.17, 15) is 4.79 Å². The Balaban J connectivity index is 0.00000242. The first-order chi connectivity index (χ1) is 9.68. The van der Waals surface area contributed by atoms with E-state index in [-0.39, 0.29) is 23.7 Å². The summed E-state index contributed by atoms with van der Waals surface area (Å²) in [4.78, 5) is 12.3. The molecule has 0 aliphatic heterocycles. The lowest BCUT2D eigenvalue weighted by molar-refractivity contribution is 0.102. The van der Waals surface area contributed by atoms with Gasteiger partial charge in [0, 0.05) is 15.6 Å². The quantitative estimate of drug-likeness (QED) is 0.680. The topological polar surface area (TPSA) is 83.8 Å². The highest BCUT2D eigenvalue weighted by Gasteiger charge is 2.20. The number of halogens is 2. The first-order valence-electron chi connectivity index (χ1n) is 6.61. The van der Waals surface area contributed by atoms with E-state index in [4.69, 9.17) is 5.73 Å². The van der Waals surface area contributed by atoms with Gasteiger partial charge in [0.15, 0.2) is 5.69 Å². The number of nitrogen functional groups attached to an aromatic ring is 1. The Morgan fingerprint density at radius 3 is 2.50 bits per heavy atom. The van der Waals surface area contributed by atoms with Crippen molar-refractivity contribution >= 4 is 45.6 Å². The van der Waals surface area contributed by atoms with Crippen LogP contribution in [-0.2, 0) is 5.41 Å². The molecule has 0 unspecified atom stereocenters. The molecule has 1 heterocycles. The monoisotopic (exact) mass is 386 g/mol. The number of amides is 1. The van der Waals surface area contributed by atoms with Crippen molar-refractivity contribution in [2.24, 2.45) is 0 Å². The van der Waals surface area contributed by atoms with Crippen LogP contribution in [0, 0.1) is 6.92 Å². The van der Waals surface area contributed by atoms with Gasteiger partial charge >= 0.3 is 0 Å². The first-order valence-corrected chi connectivity index (χ1v) is 7.40. The second-order valence-electron chi connectivity index (χ2n) is 6.05. The summed E-state index contributed by atoms with van der Waals surface area (Å²) >= 11 is 3.39. The van der Waals surface area contributed by atoms with E-state index in [1.165, 1.54) is 0 Å². The van der Waals surface area contributed by atoms with E-state index < -0.39 is 0 Å². The van der Waals surface area contributed by atoms with Gasteiger partial charge in [-0.25, -0.2) is 0 Å². The van der Waals surface area contributed by atoms with E-state index in [1.807, 2.05) is 13.0 Å². The van der Waals surface area contributed by atoms with Crippen molar-refractivity contribution in [3.05, 3.63) is 39.6 Å². The zero-order valence-electron chi connectivity index (χ0n) is 13.0. The lowest BCUT2D eigenvalue weighted by Crippen LogP contribution is -2.14. The molecular formula is C15H20BrClN4O. The molecule has 7 heteroatoms. The predicted molar refractivity (Wildman–Crippen MR) is 95.8 cm³/mol. The van der Waals surface area contributed by atoms with Gasteiger partial charge in [0.1, 0.15) is 0 Å². The van der Waals surface area contributed by atoms with Crippen LogP contribution >= 0.6 is 28.3 Å². The minimum absolute atomic E-state index is 0. The Hall–Kier alpha value is -1.53. The Bertz CT molecular complexity index is 691. The van der Waals surface area contributed by atoms with Crippen LogP contribution in [0.3, 0.4) is 0 Å². The van der Waals surface area contributed by atoms with Crippen LogP contribution in [0.2, 0.25) is 0 Å². The normalized spacial score (nSPS) is 11.0. The van der Waals surface area contributed by atoms with E-state index in [2.05, 4.69) is 52.2 Å². The maximum atomic E-state index is 12.3. The fraction of sp³-hybridized carbons (Fsp3) is 0.333. The van der Waals surface area contributed by atoms with Crippen molar-refractivity contribution in [2.75, 3.05) is 11.1 Å². The number of nitrogens with zero attached hydrogens (tertiary/aromatic N) is 1. The number of benzene rings is 1. The Kier molecular flexibility index (Phi) is 5.65. The number of nitrogens with two attached hydrogens (primary N) is 1. The summed E-state index contributed by atoms with van der Waals surface area (Å²) in [6, 6.07) is 5.44. The van der Waals surface area contributed by atoms with Crippen LogP contribution in [0.15, 0.2) is 22.7 Å². The van der Waals surface area contributed by atoms with E-state index >= 15 is 0 Å². The van der Waals surface area contributed by atoms with Crippen molar-refractivity contribution in [1.82, 2.24) is 10.2 Å². The summed E-state index contributed by atoms with van der Waals surface area (Å²) in [6.45, 7) is 8.05. The highest BCUT2D eigenvalue weighted by atomic mass is 79.9. The lowest BCUT2D eigenvalue weighted by Gasteiger charge is -2.14. The van der Waals surface area contributed by atoms with Crippen molar-refractivity contribution in [2.45, 2.75) is 33.1 Å². The largest absolute Gasteiger partial charge is 0.397 e. The van der Waals surface area contributed by atoms with Crippen molar-refractivity contribution in [1.29, 1.82) is 0 Å². The number of hydrogen-bond donors (Lipinski definition) is 3. The number of carbonyl (C=O) groups is 1. The van der Waals surface area contributed by atoms with Gasteiger partial charge in [-0.05, 0) is 30.7 Å². The third-order valence-electron chi connectivity index (χ3n) is 3.22. The maximum Gasteiger partial charge on any atom is 0.276 e. The average molecular weight is 388 g/mol. The van der Waals surface area contributed by atoms with Gasteiger partial charge in [-0.3, -0.25) is 9.89 Å². The molecule has 22 heavy (non-hydrogen) atoms. The smallest absolute Gasteiger partial charge is 0.276 e. The van der Waals surface area contributed by atoms with Crippen LogP contribution in [0.1, 0.15) is 42.5 Å². The standard InChI is InChI=1S/C15H19BrN4O.ClH/c1-8-5-9(16)6-10(13(8)17)18-14(21)11-7-12(20-19-11)15(2,3)4;/h5-7H,17H2,1-4H3,(H,18,21)(H,19,20);1H. The molecule has 0 aliphatic rings. The number of hydrogen-bond acceptors (Lipinski definition) is 3.